The maximum Gasteiger partial charge on any atom is 0.257 e. The highest BCUT2D eigenvalue weighted by atomic mass is 16.1. The minimum atomic E-state index is -0.329. The summed E-state index contributed by atoms with van der Waals surface area (Å²) < 4.78 is 0. The smallest absolute Gasteiger partial charge is 0.257 e. The van der Waals surface area contributed by atoms with Gasteiger partial charge in [0, 0.05) is 6.20 Å². The van der Waals surface area contributed by atoms with Crippen LogP contribution >= 0.6 is 0 Å². The number of amides is 1. The molecule has 18 heavy (non-hydrogen) atoms. The van der Waals surface area contributed by atoms with E-state index in [4.69, 9.17) is 11.0 Å². The van der Waals surface area contributed by atoms with Crippen molar-refractivity contribution in [1.82, 2.24) is 4.98 Å². The molecule has 5 heteroatoms. The second kappa shape index (κ2) is 4.97. The fourth-order valence-corrected chi connectivity index (χ4v) is 1.42. The molecule has 88 valence electrons. The fraction of sp³-hybridized carbons (Fsp3) is 0. The van der Waals surface area contributed by atoms with Gasteiger partial charge in [0.1, 0.15) is 11.9 Å². The maximum absolute atomic E-state index is 11.9. The highest BCUT2D eigenvalue weighted by Crippen LogP contribution is 2.14. The molecule has 5 nitrogen and oxygen atoms in total. The number of pyridine rings is 1. The highest BCUT2D eigenvalue weighted by Gasteiger charge is 2.08. The number of para-hydroxylation sites is 1. The summed E-state index contributed by atoms with van der Waals surface area (Å²) in [6.45, 7) is 0. The summed E-state index contributed by atoms with van der Waals surface area (Å²) in [6.07, 6.45) is 1.39. The van der Waals surface area contributed by atoms with Crippen LogP contribution in [-0.4, -0.2) is 10.9 Å². The van der Waals surface area contributed by atoms with Gasteiger partial charge in [-0.25, -0.2) is 4.98 Å². The molecule has 3 N–H and O–H groups in total. The van der Waals surface area contributed by atoms with Crippen LogP contribution in [0.1, 0.15) is 15.9 Å². The zero-order chi connectivity index (χ0) is 13.0. The summed E-state index contributed by atoms with van der Waals surface area (Å²) in [5, 5.41) is 11.6. The third kappa shape index (κ3) is 2.44. The van der Waals surface area contributed by atoms with Crippen molar-refractivity contribution < 1.29 is 4.79 Å². The first-order chi connectivity index (χ1) is 8.70. The maximum atomic E-state index is 11.9. The van der Waals surface area contributed by atoms with Gasteiger partial charge in [-0.1, -0.05) is 12.1 Å². The van der Waals surface area contributed by atoms with E-state index in [1.54, 1.807) is 36.4 Å². The lowest BCUT2D eigenvalue weighted by Crippen LogP contribution is -2.13. The molecule has 0 unspecified atom stereocenters. The van der Waals surface area contributed by atoms with Crippen LogP contribution < -0.4 is 11.1 Å². The Morgan fingerprint density at radius 2 is 2.06 bits per heavy atom. The van der Waals surface area contributed by atoms with Crippen LogP contribution in [0.4, 0.5) is 11.5 Å². The molecule has 0 saturated carbocycles. The molecule has 1 aromatic heterocycles. The Bertz CT molecular complexity index is 614. The number of nitrogens with two attached hydrogens (primary N) is 1. The van der Waals surface area contributed by atoms with Gasteiger partial charge in [-0.05, 0) is 24.3 Å². The first-order valence-electron chi connectivity index (χ1n) is 5.22. The normalized spacial score (nSPS) is 9.50. The summed E-state index contributed by atoms with van der Waals surface area (Å²) in [7, 11) is 0. The number of nitrogens with zero attached hydrogens (tertiary/aromatic N) is 2. The molecule has 1 heterocycles. The molecule has 0 fully saturated rings. The molecule has 0 bridgehead atoms. The van der Waals surface area contributed by atoms with Gasteiger partial charge in [-0.15, -0.1) is 0 Å². The standard InChI is InChI=1S/C13H10N4O/c14-7-9-3-1-2-4-11(9)17-13(18)10-5-6-12(15)16-8-10/h1-6,8H,(H2,15,16)(H,17,18). The van der Waals surface area contributed by atoms with Crippen molar-refractivity contribution in [1.29, 1.82) is 5.26 Å². The van der Waals surface area contributed by atoms with Crippen molar-refractivity contribution in [2.24, 2.45) is 0 Å². The minimum absolute atomic E-state index is 0.329. The van der Waals surface area contributed by atoms with Gasteiger partial charge in [0.05, 0.1) is 16.8 Å². The van der Waals surface area contributed by atoms with E-state index in [-0.39, 0.29) is 5.91 Å². The van der Waals surface area contributed by atoms with E-state index in [0.717, 1.165) is 0 Å². The molecule has 1 amide bonds. The second-order valence-electron chi connectivity index (χ2n) is 3.58. The molecule has 2 aromatic rings. The number of benzene rings is 1. The lowest BCUT2D eigenvalue weighted by Gasteiger charge is -2.06. The number of rotatable bonds is 2. The monoisotopic (exact) mass is 238 g/mol. The van der Waals surface area contributed by atoms with Crippen LogP contribution in [0.15, 0.2) is 42.6 Å². The third-order valence-electron chi connectivity index (χ3n) is 2.34. The first kappa shape index (κ1) is 11.6. The van der Waals surface area contributed by atoms with Crippen LogP contribution in [0, 0.1) is 11.3 Å². The van der Waals surface area contributed by atoms with E-state index < -0.39 is 0 Å². The van der Waals surface area contributed by atoms with Gasteiger partial charge in [0.25, 0.3) is 5.91 Å². The SMILES string of the molecule is N#Cc1ccccc1NC(=O)c1ccc(N)nc1. The molecule has 0 spiro atoms. The number of hydrogen-bond donors (Lipinski definition) is 2. The van der Waals surface area contributed by atoms with Gasteiger partial charge < -0.3 is 11.1 Å². The van der Waals surface area contributed by atoms with Crippen LogP contribution in [0.5, 0.6) is 0 Å². The van der Waals surface area contributed by atoms with E-state index in [1.165, 1.54) is 6.20 Å². The number of carbonyl (C=O) groups excluding carboxylic acids is 1. The molecular weight excluding hydrogens is 228 g/mol. The number of anilines is 2. The highest BCUT2D eigenvalue weighted by molar-refractivity contribution is 6.04. The Morgan fingerprint density at radius 1 is 1.28 bits per heavy atom. The van der Waals surface area contributed by atoms with Crippen molar-refractivity contribution in [2.75, 3.05) is 11.1 Å². The molecule has 0 aliphatic rings. The topological polar surface area (TPSA) is 91.8 Å². The van der Waals surface area contributed by atoms with Crippen molar-refractivity contribution >= 4 is 17.4 Å². The molecule has 0 radical (unpaired) electrons. The molecular formula is C13H10N4O. The zero-order valence-corrected chi connectivity index (χ0v) is 9.42. The van der Waals surface area contributed by atoms with Gasteiger partial charge in [0.15, 0.2) is 0 Å². The van der Waals surface area contributed by atoms with E-state index in [2.05, 4.69) is 10.3 Å². The van der Waals surface area contributed by atoms with Gasteiger partial charge in [-0.2, -0.15) is 5.26 Å². The van der Waals surface area contributed by atoms with Crippen molar-refractivity contribution in [2.45, 2.75) is 0 Å². The van der Waals surface area contributed by atoms with Crippen molar-refractivity contribution in [3.63, 3.8) is 0 Å². The Morgan fingerprint density at radius 3 is 2.72 bits per heavy atom. The van der Waals surface area contributed by atoms with E-state index in [1.807, 2.05) is 6.07 Å². The third-order valence-corrected chi connectivity index (χ3v) is 2.34. The zero-order valence-electron chi connectivity index (χ0n) is 9.42. The Balaban J connectivity index is 2.22. The first-order valence-corrected chi connectivity index (χ1v) is 5.22. The number of hydrogen-bond acceptors (Lipinski definition) is 4. The lowest BCUT2D eigenvalue weighted by molar-refractivity contribution is 0.102. The predicted octanol–water partition coefficient (Wildman–Crippen LogP) is 1.79. The van der Waals surface area contributed by atoms with Crippen LogP contribution in [0.3, 0.4) is 0 Å². The number of nitrogen functional groups attached to an aromatic ring is 1. The van der Waals surface area contributed by atoms with Crippen LogP contribution in [0.25, 0.3) is 0 Å². The Kier molecular flexibility index (Phi) is 3.21. The number of aromatic nitrogens is 1. The van der Waals surface area contributed by atoms with Gasteiger partial charge in [0.2, 0.25) is 0 Å². The lowest BCUT2D eigenvalue weighted by atomic mass is 10.2. The molecule has 0 aliphatic carbocycles. The summed E-state index contributed by atoms with van der Waals surface area (Å²) >= 11 is 0. The second-order valence-corrected chi connectivity index (χ2v) is 3.58. The Hall–Kier alpha value is -2.87. The largest absolute Gasteiger partial charge is 0.384 e. The van der Waals surface area contributed by atoms with E-state index in [0.29, 0.717) is 22.6 Å². The van der Waals surface area contributed by atoms with E-state index >= 15 is 0 Å². The number of nitriles is 1. The van der Waals surface area contributed by atoms with Crippen molar-refractivity contribution in [3.8, 4) is 6.07 Å². The van der Waals surface area contributed by atoms with Crippen LogP contribution in [0.2, 0.25) is 0 Å². The van der Waals surface area contributed by atoms with Crippen LogP contribution in [-0.2, 0) is 0 Å². The molecule has 2 rings (SSSR count). The predicted molar refractivity (Wildman–Crippen MR) is 67.8 cm³/mol. The number of carbonyl (C=O) groups is 1. The summed E-state index contributed by atoms with van der Waals surface area (Å²) in [4.78, 5) is 15.7. The Labute approximate surface area is 104 Å². The van der Waals surface area contributed by atoms with Gasteiger partial charge in [-0.3, -0.25) is 4.79 Å². The summed E-state index contributed by atoms with van der Waals surface area (Å²) in [6, 6.07) is 11.9. The van der Waals surface area contributed by atoms with Gasteiger partial charge >= 0.3 is 0 Å². The average Bonchev–Trinajstić information content (AvgIpc) is 2.40. The average molecular weight is 238 g/mol. The minimum Gasteiger partial charge on any atom is -0.384 e. The van der Waals surface area contributed by atoms with Crippen molar-refractivity contribution in [3.05, 3.63) is 53.7 Å². The molecule has 0 aliphatic heterocycles. The fourth-order valence-electron chi connectivity index (χ4n) is 1.42. The molecule has 1 aromatic carbocycles. The van der Waals surface area contributed by atoms with E-state index in [9.17, 15) is 4.79 Å². The molecule has 0 atom stereocenters. The number of nitrogens with one attached hydrogen (secondary N) is 1. The summed E-state index contributed by atoms with van der Waals surface area (Å²) in [5.74, 6) is 0.0224. The molecule has 0 saturated heterocycles. The summed E-state index contributed by atoms with van der Waals surface area (Å²) in [5.41, 5.74) is 6.71. The quantitative estimate of drug-likeness (QED) is 0.834.